The SMILES string of the molecule is CCCNC(c1ccc(F)c(F)c1)c1c(C)ccnc1N. The molecule has 0 spiro atoms. The van der Waals surface area contributed by atoms with E-state index in [4.69, 9.17) is 5.73 Å². The van der Waals surface area contributed by atoms with Crippen LogP contribution in [0, 0.1) is 18.6 Å². The van der Waals surface area contributed by atoms with Crippen LogP contribution in [0.1, 0.15) is 36.1 Å². The smallest absolute Gasteiger partial charge is 0.159 e. The second-order valence-electron chi connectivity index (χ2n) is 4.99. The van der Waals surface area contributed by atoms with Crippen molar-refractivity contribution in [3.05, 3.63) is 58.8 Å². The minimum atomic E-state index is -0.865. The van der Waals surface area contributed by atoms with Gasteiger partial charge in [0.15, 0.2) is 11.6 Å². The van der Waals surface area contributed by atoms with Crippen LogP contribution < -0.4 is 11.1 Å². The summed E-state index contributed by atoms with van der Waals surface area (Å²) in [7, 11) is 0. The van der Waals surface area contributed by atoms with Gasteiger partial charge in [0.05, 0.1) is 6.04 Å². The van der Waals surface area contributed by atoms with Gasteiger partial charge in [-0.2, -0.15) is 0 Å². The zero-order valence-electron chi connectivity index (χ0n) is 12.2. The summed E-state index contributed by atoms with van der Waals surface area (Å²) in [5, 5.41) is 3.32. The number of nitrogens with two attached hydrogens (primary N) is 1. The molecule has 0 fully saturated rings. The van der Waals surface area contributed by atoms with Gasteiger partial charge < -0.3 is 11.1 Å². The molecule has 112 valence electrons. The van der Waals surface area contributed by atoms with E-state index in [0.717, 1.165) is 30.2 Å². The molecule has 0 aliphatic heterocycles. The number of anilines is 1. The molecular weight excluding hydrogens is 272 g/mol. The number of halogens is 2. The molecule has 2 rings (SSSR count). The van der Waals surface area contributed by atoms with Crippen molar-refractivity contribution in [2.24, 2.45) is 0 Å². The summed E-state index contributed by atoms with van der Waals surface area (Å²) in [6, 6.07) is 5.44. The van der Waals surface area contributed by atoms with E-state index >= 15 is 0 Å². The number of benzene rings is 1. The largest absolute Gasteiger partial charge is 0.383 e. The van der Waals surface area contributed by atoms with Gasteiger partial charge >= 0.3 is 0 Å². The second-order valence-corrected chi connectivity index (χ2v) is 4.99. The van der Waals surface area contributed by atoms with Crippen molar-refractivity contribution >= 4 is 5.82 Å². The lowest BCUT2D eigenvalue weighted by Gasteiger charge is -2.22. The van der Waals surface area contributed by atoms with E-state index in [1.54, 1.807) is 12.3 Å². The molecule has 1 aromatic heterocycles. The molecule has 5 heteroatoms. The molecular formula is C16H19F2N3. The Morgan fingerprint density at radius 2 is 2.00 bits per heavy atom. The third-order valence-corrected chi connectivity index (χ3v) is 3.40. The zero-order valence-corrected chi connectivity index (χ0v) is 12.2. The van der Waals surface area contributed by atoms with Crippen LogP contribution >= 0.6 is 0 Å². The third-order valence-electron chi connectivity index (χ3n) is 3.40. The number of nitrogens with one attached hydrogen (secondary N) is 1. The molecule has 3 N–H and O–H groups in total. The quantitative estimate of drug-likeness (QED) is 0.888. The average molecular weight is 291 g/mol. The average Bonchev–Trinajstić information content (AvgIpc) is 2.45. The molecule has 3 nitrogen and oxygen atoms in total. The Morgan fingerprint density at radius 3 is 2.62 bits per heavy atom. The van der Waals surface area contributed by atoms with E-state index in [9.17, 15) is 8.78 Å². The summed E-state index contributed by atoms with van der Waals surface area (Å²) >= 11 is 0. The molecule has 21 heavy (non-hydrogen) atoms. The summed E-state index contributed by atoms with van der Waals surface area (Å²) in [4.78, 5) is 4.10. The highest BCUT2D eigenvalue weighted by atomic mass is 19.2. The van der Waals surface area contributed by atoms with Crippen molar-refractivity contribution in [3.8, 4) is 0 Å². The Hall–Kier alpha value is -2.01. The monoisotopic (exact) mass is 291 g/mol. The number of hydrogen-bond donors (Lipinski definition) is 2. The molecule has 0 saturated heterocycles. The summed E-state index contributed by atoms with van der Waals surface area (Å²) in [6.45, 7) is 4.69. The Kier molecular flexibility index (Phi) is 4.85. The molecule has 1 atom stereocenters. The van der Waals surface area contributed by atoms with E-state index in [1.165, 1.54) is 6.07 Å². The highest BCUT2D eigenvalue weighted by molar-refractivity contribution is 5.50. The van der Waals surface area contributed by atoms with Crippen LogP contribution in [0.2, 0.25) is 0 Å². The van der Waals surface area contributed by atoms with E-state index in [1.807, 2.05) is 19.9 Å². The Labute approximate surface area is 123 Å². The molecule has 0 aliphatic rings. The Bertz CT molecular complexity index is 609. The van der Waals surface area contributed by atoms with Gasteiger partial charge in [-0.3, -0.25) is 0 Å². The van der Waals surface area contributed by atoms with E-state index < -0.39 is 11.6 Å². The summed E-state index contributed by atoms with van der Waals surface area (Å²) < 4.78 is 26.7. The predicted octanol–water partition coefficient (Wildman–Crippen LogP) is 3.34. The molecule has 0 saturated carbocycles. The first kappa shape index (κ1) is 15.4. The first-order chi connectivity index (χ1) is 10.0. The lowest BCUT2D eigenvalue weighted by atomic mass is 9.95. The summed E-state index contributed by atoms with van der Waals surface area (Å²) in [6.07, 6.45) is 2.55. The fourth-order valence-electron chi connectivity index (χ4n) is 2.33. The van der Waals surface area contributed by atoms with Crippen molar-refractivity contribution in [2.75, 3.05) is 12.3 Å². The first-order valence-corrected chi connectivity index (χ1v) is 6.94. The molecule has 0 amide bonds. The van der Waals surface area contributed by atoms with Crippen molar-refractivity contribution in [1.29, 1.82) is 0 Å². The minimum Gasteiger partial charge on any atom is -0.383 e. The van der Waals surface area contributed by atoms with Crippen molar-refractivity contribution in [3.63, 3.8) is 0 Å². The van der Waals surface area contributed by atoms with Gasteiger partial charge in [0.1, 0.15) is 5.82 Å². The highest BCUT2D eigenvalue weighted by Gasteiger charge is 2.20. The molecule has 0 aliphatic carbocycles. The van der Waals surface area contributed by atoms with Gasteiger partial charge in [-0.05, 0) is 49.2 Å². The van der Waals surface area contributed by atoms with Gasteiger partial charge in [0.25, 0.3) is 0 Å². The van der Waals surface area contributed by atoms with Gasteiger partial charge in [-0.25, -0.2) is 13.8 Å². The normalized spacial score (nSPS) is 12.4. The number of nitrogens with zero attached hydrogens (tertiary/aromatic N) is 1. The fourth-order valence-corrected chi connectivity index (χ4v) is 2.33. The maximum absolute atomic E-state index is 13.5. The van der Waals surface area contributed by atoms with E-state index in [-0.39, 0.29) is 6.04 Å². The van der Waals surface area contributed by atoms with Gasteiger partial charge in [0, 0.05) is 11.8 Å². The predicted molar refractivity (Wildman–Crippen MR) is 79.9 cm³/mol. The highest BCUT2D eigenvalue weighted by Crippen LogP contribution is 2.29. The second kappa shape index (κ2) is 6.63. The standard InChI is InChI=1S/C16H19F2N3/c1-3-7-20-15(11-4-5-12(17)13(18)9-11)14-10(2)6-8-21-16(14)19/h4-6,8-9,15,20H,3,7H2,1-2H3,(H2,19,21). The van der Waals surface area contributed by atoms with Gasteiger partial charge in [0.2, 0.25) is 0 Å². The van der Waals surface area contributed by atoms with Crippen LogP contribution in [0.15, 0.2) is 30.5 Å². The minimum absolute atomic E-state index is 0.311. The number of pyridine rings is 1. The zero-order chi connectivity index (χ0) is 15.4. The van der Waals surface area contributed by atoms with Crippen LogP contribution in [-0.2, 0) is 0 Å². The van der Waals surface area contributed by atoms with Crippen LogP contribution in [0.5, 0.6) is 0 Å². The molecule has 1 unspecified atom stereocenters. The van der Waals surface area contributed by atoms with E-state index in [0.29, 0.717) is 11.4 Å². The third kappa shape index (κ3) is 3.36. The number of nitrogen functional groups attached to an aromatic ring is 1. The number of rotatable bonds is 5. The lowest BCUT2D eigenvalue weighted by molar-refractivity contribution is 0.503. The van der Waals surface area contributed by atoms with Crippen LogP contribution in [0.3, 0.4) is 0 Å². The van der Waals surface area contributed by atoms with Crippen LogP contribution in [-0.4, -0.2) is 11.5 Å². The molecule has 0 radical (unpaired) electrons. The van der Waals surface area contributed by atoms with Crippen molar-refractivity contribution in [1.82, 2.24) is 10.3 Å². The van der Waals surface area contributed by atoms with E-state index in [2.05, 4.69) is 10.3 Å². The maximum atomic E-state index is 13.5. The van der Waals surface area contributed by atoms with Crippen LogP contribution in [0.4, 0.5) is 14.6 Å². The molecule has 0 bridgehead atoms. The van der Waals surface area contributed by atoms with Gasteiger partial charge in [-0.15, -0.1) is 0 Å². The Morgan fingerprint density at radius 1 is 1.24 bits per heavy atom. The lowest BCUT2D eigenvalue weighted by Crippen LogP contribution is -2.25. The first-order valence-electron chi connectivity index (χ1n) is 6.94. The molecule has 2 aromatic rings. The molecule has 1 heterocycles. The summed E-state index contributed by atoms with van der Waals surface area (Å²) in [5.74, 6) is -1.33. The van der Waals surface area contributed by atoms with Crippen LogP contribution in [0.25, 0.3) is 0 Å². The van der Waals surface area contributed by atoms with Gasteiger partial charge in [-0.1, -0.05) is 13.0 Å². The molecule has 1 aromatic carbocycles. The summed E-state index contributed by atoms with van der Waals surface area (Å²) in [5.41, 5.74) is 8.37. The fraction of sp³-hybridized carbons (Fsp3) is 0.312. The number of aryl methyl sites for hydroxylation is 1. The number of hydrogen-bond acceptors (Lipinski definition) is 3. The maximum Gasteiger partial charge on any atom is 0.159 e. The topological polar surface area (TPSA) is 50.9 Å². The van der Waals surface area contributed by atoms with Crippen molar-refractivity contribution < 1.29 is 8.78 Å². The number of aromatic nitrogens is 1. The van der Waals surface area contributed by atoms with Crippen molar-refractivity contribution in [2.45, 2.75) is 26.3 Å². The Balaban J connectivity index is 2.49.